The summed E-state index contributed by atoms with van der Waals surface area (Å²) < 4.78 is 13.0. The molecule has 7 heteroatoms. The van der Waals surface area contributed by atoms with Crippen molar-refractivity contribution in [3.63, 3.8) is 0 Å². The average Bonchev–Trinajstić information content (AvgIpc) is 2.94. The average molecular weight is 344 g/mol. The van der Waals surface area contributed by atoms with E-state index in [-0.39, 0.29) is 12.0 Å². The van der Waals surface area contributed by atoms with E-state index >= 15 is 0 Å². The van der Waals surface area contributed by atoms with E-state index < -0.39 is 0 Å². The number of nitrogens with zero attached hydrogens (tertiary/aromatic N) is 3. The van der Waals surface area contributed by atoms with Crippen molar-refractivity contribution in [2.24, 2.45) is 0 Å². The summed E-state index contributed by atoms with van der Waals surface area (Å²) in [5.74, 6) is 0.401. The molecule has 0 atom stereocenters. The van der Waals surface area contributed by atoms with Crippen LogP contribution in [0.3, 0.4) is 0 Å². The van der Waals surface area contributed by atoms with Crippen LogP contribution in [-0.2, 0) is 11.3 Å². The first-order chi connectivity index (χ1) is 12.1. The van der Waals surface area contributed by atoms with Crippen molar-refractivity contribution in [2.75, 3.05) is 19.8 Å². The van der Waals surface area contributed by atoms with Crippen LogP contribution < -0.4 is 10.1 Å². The van der Waals surface area contributed by atoms with E-state index in [9.17, 15) is 4.79 Å². The molecule has 1 amide bonds. The highest BCUT2D eigenvalue weighted by Gasteiger charge is 2.16. The molecule has 2 aromatic rings. The molecule has 0 aliphatic carbocycles. The van der Waals surface area contributed by atoms with Crippen LogP contribution in [0.2, 0.25) is 0 Å². The number of nitrogens with one attached hydrogen (secondary N) is 1. The van der Waals surface area contributed by atoms with Crippen LogP contribution in [0, 0.1) is 13.8 Å². The van der Waals surface area contributed by atoms with Crippen LogP contribution in [0.4, 0.5) is 0 Å². The second kappa shape index (κ2) is 8.11. The standard InChI is InChI=1S/C18H24N4O3/c1-13-11-14(2)22(21-13)8-7-19-18(23)15-3-4-17(20-12-15)25-16-5-9-24-10-6-16/h3-4,11-12,16H,5-10H2,1-2H3,(H,19,23). The predicted octanol–water partition coefficient (Wildman–Crippen LogP) is 1.88. The van der Waals surface area contributed by atoms with Crippen LogP contribution >= 0.6 is 0 Å². The molecule has 7 nitrogen and oxygen atoms in total. The largest absolute Gasteiger partial charge is 0.474 e. The first kappa shape index (κ1) is 17.4. The van der Waals surface area contributed by atoms with Gasteiger partial charge in [-0.1, -0.05) is 0 Å². The molecule has 0 bridgehead atoms. The SMILES string of the molecule is Cc1cc(C)n(CCNC(=O)c2ccc(OC3CCOCC3)nc2)n1. The Morgan fingerprint density at radius 3 is 2.80 bits per heavy atom. The summed E-state index contributed by atoms with van der Waals surface area (Å²) in [5.41, 5.74) is 2.59. The van der Waals surface area contributed by atoms with E-state index in [2.05, 4.69) is 15.4 Å². The van der Waals surface area contributed by atoms with E-state index in [1.54, 1.807) is 18.3 Å². The van der Waals surface area contributed by atoms with Crippen molar-refractivity contribution < 1.29 is 14.3 Å². The highest BCUT2D eigenvalue weighted by molar-refractivity contribution is 5.93. The fraction of sp³-hybridized carbons (Fsp3) is 0.500. The van der Waals surface area contributed by atoms with Gasteiger partial charge >= 0.3 is 0 Å². The molecule has 0 unspecified atom stereocenters. The molecule has 134 valence electrons. The molecular weight excluding hydrogens is 320 g/mol. The molecule has 0 saturated carbocycles. The Morgan fingerprint density at radius 1 is 1.36 bits per heavy atom. The number of hydrogen-bond donors (Lipinski definition) is 1. The van der Waals surface area contributed by atoms with Crippen LogP contribution in [0.25, 0.3) is 0 Å². The van der Waals surface area contributed by atoms with Crippen molar-refractivity contribution >= 4 is 5.91 Å². The van der Waals surface area contributed by atoms with Crippen LogP contribution in [0.15, 0.2) is 24.4 Å². The lowest BCUT2D eigenvalue weighted by molar-refractivity contribution is 0.0237. The topological polar surface area (TPSA) is 78.3 Å². The van der Waals surface area contributed by atoms with Gasteiger partial charge in [0, 0.05) is 37.3 Å². The lowest BCUT2D eigenvalue weighted by Crippen LogP contribution is -2.28. The first-order valence-corrected chi connectivity index (χ1v) is 8.61. The maximum atomic E-state index is 12.2. The third-order valence-corrected chi connectivity index (χ3v) is 4.17. The van der Waals surface area contributed by atoms with Gasteiger partial charge in [-0.25, -0.2) is 4.98 Å². The van der Waals surface area contributed by atoms with Gasteiger partial charge in [-0.15, -0.1) is 0 Å². The molecule has 0 spiro atoms. The highest BCUT2D eigenvalue weighted by atomic mass is 16.5. The monoisotopic (exact) mass is 344 g/mol. The second-order valence-corrected chi connectivity index (χ2v) is 6.22. The summed E-state index contributed by atoms with van der Waals surface area (Å²) in [5, 5.41) is 7.26. The van der Waals surface area contributed by atoms with E-state index in [1.807, 2.05) is 24.6 Å². The normalized spacial score (nSPS) is 15.1. The number of rotatable bonds is 6. The van der Waals surface area contributed by atoms with E-state index in [0.29, 0.717) is 24.5 Å². The minimum atomic E-state index is -0.147. The number of aryl methyl sites for hydroxylation is 2. The van der Waals surface area contributed by atoms with Gasteiger partial charge < -0.3 is 14.8 Å². The van der Waals surface area contributed by atoms with Gasteiger partial charge in [-0.05, 0) is 26.0 Å². The van der Waals surface area contributed by atoms with Gasteiger partial charge in [-0.3, -0.25) is 9.48 Å². The van der Waals surface area contributed by atoms with Gasteiger partial charge in [0.1, 0.15) is 6.10 Å². The lowest BCUT2D eigenvalue weighted by Gasteiger charge is -2.22. The van der Waals surface area contributed by atoms with Gasteiger partial charge in [0.05, 0.1) is 31.0 Å². The molecule has 1 aliphatic rings. The Kier molecular flexibility index (Phi) is 5.65. The third kappa shape index (κ3) is 4.79. The van der Waals surface area contributed by atoms with Crippen LogP contribution in [0.5, 0.6) is 5.88 Å². The fourth-order valence-corrected chi connectivity index (χ4v) is 2.83. The number of hydrogen-bond acceptors (Lipinski definition) is 5. The molecule has 0 aromatic carbocycles. The summed E-state index contributed by atoms with van der Waals surface area (Å²) in [4.78, 5) is 16.4. The summed E-state index contributed by atoms with van der Waals surface area (Å²) in [6, 6.07) is 5.49. The number of amides is 1. The van der Waals surface area contributed by atoms with Crippen molar-refractivity contribution in [2.45, 2.75) is 39.3 Å². The van der Waals surface area contributed by atoms with Gasteiger partial charge in [-0.2, -0.15) is 5.10 Å². The molecule has 1 N–H and O–H groups in total. The molecule has 25 heavy (non-hydrogen) atoms. The Balaban J connectivity index is 1.47. The van der Waals surface area contributed by atoms with Crippen molar-refractivity contribution in [1.82, 2.24) is 20.1 Å². The Morgan fingerprint density at radius 2 is 2.16 bits per heavy atom. The molecule has 3 rings (SSSR count). The summed E-state index contributed by atoms with van der Waals surface area (Å²) in [6.45, 7) is 6.56. The Bertz CT molecular complexity index is 706. The van der Waals surface area contributed by atoms with Crippen LogP contribution in [-0.4, -0.2) is 46.5 Å². The molecule has 1 fully saturated rings. The van der Waals surface area contributed by atoms with Crippen LogP contribution in [0.1, 0.15) is 34.6 Å². The molecule has 0 radical (unpaired) electrons. The molecule has 1 saturated heterocycles. The van der Waals surface area contributed by atoms with Gasteiger partial charge in [0.15, 0.2) is 0 Å². The van der Waals surface area contributed by atoms with Crippen molar-refractivity contribution in [3.8, 4) is 5.88 Å². The molecule has 1 aliphatic heterocycles. The zero-order valence-electron chi connectivity index (χ0n) is 14.7. The van der Waals surface area contributed by atoms with E-state index in [1.165, 1.54) is 0 Å². The number of aromatic nitrogens is 3. The zero-order valence-corrected chi connectivity index (χ0v) is 14.7. The Hall–Kier alpha value is -2.41. The minimum absolute atomic E-state index is 0.140. The highest BCUT2D eigenvalue weighted by Crippen LogP contribution is 2.15. The maximum absolute atomic E-state index is 12.2. The fourth-order valence-electron chi connectivity index (χ4n) is 2.83. The summed E-state index contributed by atoms with van der Waals surface area (Å²) >= 11 is 0. The van der Waals surface area contributed by atoms with Gasteiger partial charge in [0.2, 0.25) is 5.88 Å². The summed E-state index contributed by atoms with van der Waals surface area (Å²) in [7, 11) is 0. The van der Waals surface area contributed by atoms with E-state index in [4.69, 9.17) is 9.47 Å². The smallest absolute Gasteiger partial charge is 0.252 e. The Labute approximate surface area is 147 Å². The lowest BCUT2D eigenvalue weighted by atomic mass is 10.1. The minimum Gasteiger partial charge on any atom is -0.474 e. The first-order valence-electron chi connectivity index (χ1n) is 8.61. The maximum Gasteiger partial charge on any atom is 0.252 e. The molecule has 3 heterocycles. The van der Waals surface area contributed by atoms with Crippen molar-refractivity contribution in [3.05, 3.63) is 41.3 Å². The number of carbonyl (C=O) groups is 1. The third-order valence-electron chi connectivity index (χ3n) is 4.17. The quantitative estimate of drug-likeness (QED) is 0.866. The van der Waals surface area contributed by atoms with E-state index in [0.717, 1.165) is 37.4 Å². The number of carbonyl (C=O) groups excluding carboxylic acids is 1. The zero-order chi connectivity index (χ0) is 17.6. The molecule has 2 aromatic heterocycles. The van der Waals surface area contributed by atoms with Gasteiger partial charge in [0.25, 0.3) is 5.91 Å². The second-order valence-electron chi connectivity index (χ2n) is 6.22. The number of pyridine rings is 1. The molecular formula is C18H24N4O3. The summed E-state index contributed by atoms with van der Waals surface area (Å²) in [6.07, 6.45) is 3.43. The number of ether oxygens (including phenoxy) is 2. The predicted molar refractivity (Wildman–Crippen MR) is 92.7 cm³/mol. The van der Waals surface area contributed by atoms with Crippen molar-refractivity contribution in [1.29, 1.82) is 0 Å².